The minimum Gasteiger partial charge on any atom is -0.338 e. The number of nitrogens with zero attached hydrogens (tertiary/aromatic N) is 5. The molecule has 1 saturated heterocycles. The molecule has 2 aromatic rings. The molecule has 0 radical (unpaired) electrons. The Morgan fingerprint density at radius 3 is 2.71 bits per heavy atom. The zero-order valence-corrected chi connectivity index (χ0v) is 18.1. The van der Waals surface area contributed by atoms with Crippen molar-refractivity contribution in [2.75, 3.05) is 18.1 Å². The smallest absolute Gasteiger partial charge is 0.236 e. The Morgan fingerprint density at radius 2 is 2.11 bits per heavy atom. The summed E-state index contributed by atoms with van der Waals surface area (Å²) >= 11 is 1.28. The molecule has 0 aliphatic carbocycles. The van der Waals surface area contributed by atoms with Gasteiger partial charge in [0.25, 0.3) is 0 Å². The molecule has 8 nitrogen and oxygen atoms in total. The fourth-order valence-corrected chi connectivity index (χ4v) is 5.94. The molecule has 0 unspecified atom stereocenters. The molecule has 1 amide bonds. The normalized spacial score (nSPS) is 19.5. The number of aryl methyl sites for hydroxylation is 2. The van der Waals surface area contributed by atoms with Gasteiger partial charge in [0, 0.05) is 12.6 Å². The molecule has 0 bridgehead atoms. The highest BCUT2D eigenvalue weighted by atomic mass is 32.2. The molecular formula is C18H25N5O3S2. The Hall–Kier alpha value is -1.94. The van der Waals surface area contributed by atoms with E-state index < -0.39 is 15.1 Å². The maximum absolute atomic E-state index is 13.0. The first-order chi connectivity index (χ1) is 13.2. The van der Waals surface area contributed by atoms with E-state index in [4.69, 9.17) is 0 Å². The first kappa shape index (κ1) is 20.8. The van der Waals surface area contributed by atoms with Gasteiger partial charge < -0.3 is 4.90 Å². The highest BCUT2D eigenvalue weighted by Crippen LogP contribution is 2.27. The summed E-state index contributed by atoms with van der Waals surface area (Å²) in [6.45, 7) is 8.22. The third-order valence-corrected chi connectivity index (χ3v) is 7.85. The van der Waals surface area contributed by atoms with Crippen LogP contribution in [0.25, 0.3) is 5.69 Å². The summed E-state index contributed by atoms with van der Waals surface area (Å²) in [5.41, 5.74) is 3.15. The molecule has 10 heteroatoms. The van der Waals surface area contributed by atoms with Crippen molar-refractivity contribution < 1.29 is 13.2 Å². The van der Waals surface area contributed by atoms with Crippen molar-refractivity contribution in [1.82, 2.24) is 25.1 Å². The van der Waals surface area contributed by atoms with E-state index >= 15 is 0 Å². The van der Waals surface area contributed by atoms with Gasteiger partial charge in [0.2, 0.25) is 11.1 Å². The van der Waals surface area contributed by atoms with E-state index in [2.05, 4.69) is 15.5 Å². The Kier molecular flexibility index (Phi) is 6.09. The highest BCUT2D eigenvalue weighted by Gasteiger charge is 2.35. The average molecular weight is 424 g/mol. The van der Waals surface area contributed by atoms with Gasteiger partial charge in [0.05, 0.1) is 22.4 Å². The van der Waals surface area contributed by atoms with Crippen LogP contribution in [0.2, 0.25) is 0 Å². The van der Waals surface area contributed by atoms with Crippen molar-refractivity contribution in [3.05, 3.63) is 29.3 Å². The summed E-state index contributed by atoms with van der Waals surface area (Å²) < 4.78 is 25.2. The van der Waals surface area contributed by atoms with Crippen LogP contribution in [0, 0.1) is 13.8 Å². The number of amides is 1. The van der Waals surface area contributed by atoms with Crippen LogP contribution in [0.15, 0.2) is 23.4 Å². The highest BCUT2D eigenvalue weighted by molar-refractivity contribution is 8.00. The lowest BCUT2D eigenvalue weighted by atomic mass is 10.1. The van der Waals surface area contributed by atoms with Gasteiger partial charge in [-0.1, -0.05) is 17.8 Å². The minimum atomic E-state index is -3.05. The summed E-state index contributed by atoms with van der Waals surface area (Å²) in [4.78, 5) is 14.7. The molecule has 2 atom stereocenters. The van der Waals surface area contributed by atoms with Crippen LogP contribution in [-0.4, -0.2) is 68.8 Å². The summed E-state index contributed by atoms with van der Waals surface area (Å²) in [5.74, 6) is 0.0995. The summed E-state index contributed by atoms with van der Waals surface area (Å²) in [5, 5.41) is 12.0. The molecular weight excluding hydrogens is 398 g/mol. The van der Waals surface area contributed by atoms with Crippen LogP contribution in [-0.2, 0) is 14.6 Å². The summed E-state index contributed by atoms with van der Waals surface area (Å²) in [6, 6.07) is 5.71. The van der Waals surface area contributed by atoms with Crippen LogP contribution in [0.1, 0.15) is 31.4 Å². The minimum absolute atomic E-state index is 0.0460. The lowest BCUT2D eigenvalue weighted by molar-refractivity contribution is -0.131. The van der Waals surface area contributed by atoms with Crippen molar-refractivity contribution in [3.63, 3.8) is 0 Å². The number of rotatable bonds is 6. The van der Waals surface area contributed by atoms with Crippen molar-refractivity contribution in [2.24, 2.45) is 0 Å². The summed E-state index contributed by atoms with van der Waals surface area (Å²) in [7, 11) is -3.05. The number of thioether (sulfide) groups is 1. The zero-order valence-electron chi connectivity index (χ0n) is 16.5. The maximum Gasteiger partial charge on any atom is 0.236 e. The largest absolute Gasteiger partial charge is 0.338 e. The number of tetrazole rings is 1. The number of sulfone groups is 1. The number of hydrogen-bond donors (Lipinski definition) is 0. The number of carbonyl (C=O) groups is 1. The van der Waals surface area contributed by atoms with Gasteiger partial charge in [-0.05, 0) is 67.8 Å². The predicted octanol–water partition coefficient (Wildman–Crippen LogP) is 1.80. The number of aromatic nitrogens is 4. The molecule has 2 heterocycles. The second kappa shape index (κ2) is 8.20. The SMILES string of the molecule is CCN(C(=O)[C@H](C)Sc1nnnn1-c1ccc(C)c(C)c1)[C@H]1CCS(=O)(=O)C1. The average Bonchev–Trinajstić information content (AvgIpc) is 3.24. The topological polar surface area (TPSA) is 98.1 Å². The second-order valence-corrected chi connectivity index (χ2v) is 10.6. The van der Waals surface area contributed by atoms with Crippen molar-refractivity contribution >= 4 is 27.5 Å². The quantitative estimate of drug-likeness (QED) is 0.653. The lowest BCUT2D eigenvalue weighted by Gasteiger charge is -2.29. The zero-order chi connectivity index (χ0) is 20.5. The van der Waals surface area contributed by atoms with E-state index in [0.717, 1.165) is 11.3 Å². The molecule has 3 rings (SSSR count). The van der Waals surface area contributed by atoms with Crippen molar-refractivity contribution in [2.45, 2.75) is 50.6 Å². The lowest BCUT2D eigenvalue weighted by Crippen LogP contribution is -2.44. The monoisotopic (exact) mass is 423 g/mol. The Balaban J connectivity index is 1.76. The van der Waals surface area contributed by atoms with E-state index in [1.807, 2.05) is 39.0 Å². The van der Waals surface area contributed by atoms with Crippen LogP contribution in [0.4, 0.5) is 0 Å². The van der Waals surface area contributed by atoms with Gasteiger partial charge >= 0.3 is 0 Å². The van der Waals surface area contributed by atoms with Gasteiger partial charge in [-0.2, -0.15) is 4.68 Å². The van der Waals surface area contributed by atoms with E-state index in [1.54, 1.807) is 16.5 Å². The van der Waals surface area contributed by atoms with Gasteiger partial charge in [0.15, 0.2) is 9.84 Å². The van der Waals surface area contributed by atoms with E-state index in [0.29, 0.717) is 18.1 Å². The van der Waals surface area contributed by atoms with Crippen LogP contribution in [0.5, 0.6) is 0 Å². The molecule has 1 aliphatic heterocycles. The number of hydrogen-bond acceptors (Lipinski definition) is 7. The molecule has 0 N–H and O–H groups in total. The molecule has 1 fully saturated rings. The van der Waals surface area contributed by atoms with E-state index in [1.165, 1.54) is 17.3 Å². The summed E-state index contributed by atoms with van der Waals surface area (Å²) in [6.07, 6.45) is 0.500. The fraction of sp³-hybridized carbons (Fsp3) is 0.556. The van der Waals surface area contributed by atoms with Gasteiger partial charge in [-0.25, -0.2) is 8.42 Å². The standard InChI is InChI=1S/C18H25N5O3S2/c1-5-22(16-8-9-28(25,26)11-16)17(24)14(4)27-18-19-20-21-23(18)15-7-6-12(2)13(3)10-15/h6-7,10,14,16H,5,8-9,11H2,1-4H3/t14-,16-/m0/s1. The fourth-order valence-electron chi connectivity index (χ4n) is 3.33. The molecule has 0 saturated carbocycles. The Bertz CT molecular complexity index is 973. The third kappa shape index (κ3) is 4.38. The molecule has 1 aliphatic rings. The Morgan fingerprint density at radius 1 is 1.36 bits per heavy atom. The maximum atomic E-state index is 13.0. The molecule has 0 spiro atoms. The van der Waals surface area contributed by atoms with Gasteiger partial charge in [-0.15, -0.1) is 5.10 Å². The number of carbonyl (C=O) groups excluding carboxylic acids is 1. The first-order valence-electron chi connectivity index (χ1n) is 9.25. The third-order valence-electron chi connectivity index (χ3n) is 5.08. The molecule has 152 valence electrons. The molecule has 1 aromatic carbocycles. The van der Waals surface area contributed by atoms with Crippen LogP contribution >= 0.6 is 11.8 Å². The molecule has 28 heavy (non-hydrogen) atoms. The first-order valence-corrected chi connectivity index (χ1v) is 12.0. The van der Waals surface area contributed by atoms with E-state index in [-0.39, 0.29) is 23.5 Å². The molecule has 1 aromatic heterocycles. The number of benzene rings is 1. The predicted molar refractivity (Wildman–Crippen MR) is 108 cm³/mol. The van der Waals surface area contributed by atoms with Crippen LogP contribution < -0.4 is 0 Å². The van der Waals surface area contributed by atoms with E-state index in [9.17, 15) is 13.2 Å². The van der Waals surface area contributed by atoms with Crippen molar-refractivity contribution in [1.29, 1.82) is 0 Å². The van der Waals surface area contributed by atoms with Gasteiger partial charge in [0.1, 0.15) is 0 Å². The van der Waals surface area contributed by atoms with Crippen molar-refractivity contribution in [3.8, 4) is 5.69 Å². The van der Waals surface area contributed by atoms with Gasteiger partial charge in [-0.3, -0.25) is 4.79 Å². The second-order valence-electron chi connectivity index (χ2n) is 7.08. The Labute approximate surface area is 169 Å². The van der Waals surface area contributed by atoms with Crippen LogP contribution in [0.3, 0.4) is 0 Å².